The van der Waals surface area contributed by atoms with E-state index in [1.165, 1.54) is 24.3 Å². The van der Waals surface area contributed by atoms with Crippen molar-refractivity contribution in [1.82, 2.24) is 10.2 Å². The molecule has 0 aromatic heterocycles. The minimum Gasteiger partial charge on any atom is -0.383 e. The molecule has 27 heavy (non-hydrogen) atoms. The maximum atomic E-state index is 13.3. The van der Waals surface area contributed by atoms with E-state index in [9.17, 15) is 8.78 Å². The van der Waals surface area contributed by atoms with Gasteiger partial charge in [-0.1, -0.05) is 24.3 Å². The highest BCUT2D eigenvalue weighted by Crippen LogP contribution is 2.30. The zero-order valence-corrected chi connectivity index (χ0v) is 15.8. The molecule has 3 nitrogen and oxygen atoms in total. The van der Waals surface area contributed by atoms with E-state index in [-0.39, 0.29) is 17.6 Å². The lowest BCUT2D eigenvalue weighted by Gasteiger charge is -2.36. The predicted molar refractivity (Wildman–Crippen MR) is 104 cm³/mol. The van der Waals surface area contributed by atoms with Crippen molar-refractivity contribution in [1.29, 1.82) is 0 Å². The highest BCUT2D eigenvalue weighted by Gasteiger charge is 2.22. The summed E-state index contributed by atoms with van der Waals surface area (Å²) in [7, 11) is 1.74. The average molecular weight is 374 g/mol. The van der Waals surface area contributed by atoms with Crippen LogP contribution in [0.3, 0.4) is 0 Å². The molecule has 1 aliphatic heterocycles. The number of piperazine rings is 1. The van der Waals surface area contributed by atoms with Gasteiger partial charge in [-0.3, -0.25) is 4.90 Å². The lowest BCUT2D eigenvalue weighted by Crippen LogP contribution is -2.53. The monoisotopic (exact) mass is 374 g/mol. The van der Waals surface area contributed by atoms with Crippen molar-refractivity contribution in [3.63, 3.8) is 0 Å². The minimum atomic E-state index is -0.236. The van der Waals surface area contributed by atoms with Crippen LogP contribution in [-0.4, -0.2) is 50.8 Å². The molecule has 2 aromatic rings. The number of hydrogen-bond acceptors (Lipinski definition) is 3. The predicted octanol–water partition coefficient (Wildman–Crippen LogP) is 3.80. The van der Waals surface area contributed by atoms with Crippen LogP contribution >= 0.6 is 0 Å². The van der Waals surface area contributed by atoms with Crippen molar-refractivity contribution in [2.24, 2.45) is 0 Å². The van der Waals surface area contributed by atoms with E-state index < -0.39 is 0 Å². The Morgan fingerprint density at radius 3 is 2.19 bits per heavy atom. The minimum absolute atomic E-state index is 0.134. The van der Waals surface area contributed by atoms with Gasteiger partial charge in [-0.05, 0) is 54.8 Å². The van der Waals surface area contributed by atoms with Gasteiger partial charge >= 0.3 is 0 Å². The van der Waals surface area contributed by atoms with E-state index in [2.05, 4.69) is 10.2 Å². The van der Waals surface area contributed by atoms with Crippen molar-refractivity contribution >= 4 is 0 Å². The van der Waals surface area contributed by atoms with Crippen molar-refractivity contribution in [2.75, 3.05) is 39.9 Å². The van der Waals surface area contributed by atoms with Gasteiger partial charge in [0.05, 0.1) is 6.61 Å². The smallest absolute Gasteiger partial charge is 0.123 e. The third-order valence-electron chi connectivity index (χ3n) is 5.31. The molecule has 0 radical (unpaired) electrons. The van der Waals surface area contributed by atoms with E-state index >= 15 is 0 Å². The number of nitrogens with zero attached hydrogens (tertiary/aromatic N) is 1. The maximum absolute atomic E-state index is 13.3. The molecule has 146 valence electrons. The van der Waals surface area contributed by atoms with Gasteiger partial charge in [-0.15, -0.1) is 0 Å². The zero-order valence-electron chi connectivity index (χ0n) is 15.8. The molecule has 1 saturated heterocycles. The Balaban J connectivity index is 1.68. The van der Waals surface area contributed by atoms with E-state index in [0.717, 1.165) is 56.8 Å². The Kier molecular flexibility index (Phi) is 7.33. The molecule has 1 fully saturated rings. The van der Waals surface area contributed by atoms with Gasteiger partial charge in [0.1, 0.15) is 11.6 Å². The van der Waals surface area contributed by atoms with Gasteiger partial charge in [0.25, 0.3) is 0 Å². The molecule has 1 N–H and O–H groups in total. The number of rotatable bonds is 8. The summed E-state index contributed by atoms with van der Waals surface area (Å²) in [4.78, 5) is 2.48. The number of methoxy groups -OCH3 is 1. The number of hydrogen-bond donors (Lipinski definition) is 1. The first-order chi connectivity index (χ1) is 13.2. The molecule has 1 unspecified atom stereocenters. The van der Waals surface area contributed by atoms with Gasteiger partial charge in [-0.2, -0.15) is 0 Å². The van der Waals surface area contributed by atoms with Crippen LogP contribution in [-0.2, 0) is 4.74 Å². The first kappa shape index (κ1) is 19.9. The Labute approximate surface area is 160 Å². The highest BCUT2D eigenvalue weighted by atomic mass is 19.1. The van der Waals surface area contributed by atoms with Gasteiger partial charge < -0.3 is 10.1 Å². The van der Waals surface area contributed by atoms with E-state index in [1.807, 2.05) is 24.3 Å². The first-order valence-electron chi connectivity index (χ1n) is 9.62. The molecule has 1 heterocycles. The van der Waals surface area contributed by atoms with Crippen molar-refractivity contribution < 1.29 is 13.5 Å². The highest BCUT2D eigenvalue weighted by molar-refractivity contribution is 5.32. The number of nitrogens with one attached hydrogen (secondary N) is 1. The summed E-state index contributed by atoms with van der Waals surface area (Å²) in [5.41, 5.74) is 2.13. The van der Waals surface area contributed by atoms with Crippen LogP contribution in [0.2, 0.25) is 0 Å². The summed E-state index contributed by atoms with van der Waals surface area (Å²) in [5.74, 6) is -0.338. The summed E-state index contributed by atoms with van der Waals surface area (Å²) in [6.45, 7) is 4.69. The largest absolute Gasteiger partial charge is 0.383 e. The SMILES string of the molecule is COCC1CNCCN1CCCC(c1ccc(F)cc1)c1ccc(F)cc1. The fourth-order valence-electron chi connectivity index (χ4n) is 3.87. The van der Waals surface area contributed by atoms with Crippen LogP contribution in [0.25, 0.3) is 0 Å². The molecule has 0 amide bonds. The van der Waals surface area contributed by atoms with Crippen LogP contribution in [0, 0.1) is 11.6 Å². The summed E-state index contributed by atoms with van der Waals surface area (Å²) in [6.07, 6.45) is 1.94. The summed E-state index contributed by atoms with van der Waals surface area (Å²) in [6, 6.07) is 13.7. The van der Waals surface area contributed by atoms with Crippen molar-refractivity contribution in [3.8, 4) is 0 Å². The number of benzene rings is 2. The molecule has 5 heteroatoms. The maximum Gasteiger partial charge on any atom is 0.123 e. The molecule has 0 aliphatic carbocycles. The first-order valence-corrected chi connectivity index (χ1v) is 9.62. The normalized spacial score (nSPS) is 18.1. The van der Waals surface area contributed by atoms with Gasteiger partial charge in [-0.25, -0.2) is 8.78 Å². The summed E-state index contributed by atoms with van der Waals surface area (Å²) >= 11 is 0. The van der Waals surface area contributed by atoms with Crippen LogP contribution in [0.4, 0.5) is 8.78 Å². The van der Waals surface area contributed by atoms with E-state index in [4.69, 9.17) is 4.74 Å². The quantitative estimate of drug-likeness (QED) is 0.761. The second-order valence-corrected chi connectivity index (χ2v) is 7.15. The third kappa shape index (κ3) is 5.58. The fourth-order valence-corrected chi connectivity index (χ4v) is 3.87. The summed E-state index contributed by atoms with van der Waals surface area (Å²) < 4.78 is 32.0. The second-order valence-electron chi connectivity index (χ2n) is 7.15. The molecule has 3 rings (SSSR count). The Morgan fingerprint density at radius 2 is 1.63 bits per heavy atom. The summed E-state index contributed by atoms with van der Waals surface area (Å²) in [5, 5.41) is 3.42. The Hall–Kier alpha value is -1.82. The van der Waals surface area contributed by atoms with E-state index in [0.29, 0.717) is 6.04 Å². The molecule has 0 saturated carbocycles. The Morgan fingerprint density at radius 1 is 1.04 bits per heavy atom. The Bertz CT molecular complexity index is 643. The van der Waals surface area contributed by atoms with Gasteiger partial charge in [0, 0.05) is 38.7 Å². The number of halogens is 2. The van der Waals surface area contributed by atoms with Crippen LogP contribution in [0.15, 0.2) is 48.5 Å². The lowest BCUT2D eigenvalue weighted by atomic mass is 9.87. The molecule has 1 atom stereocenters. The molecular weight excluding hydrogens is 346 g/mol. The second kappa shape index (κ2) is 9.93. The van der Waals surface area contributed by atoms with Gasteiger partial charge in [0.2, 0.25) is 0 Å². The van der Waals surface area contributed by atoms with E-state index in [1.54, 1.807) is 7.11 Å². The van der Waals surface area contributed by atoms with Crippen LogP contribution in [0.1, 0.15) is 29.9 Å². The van der Waals surface area contributed by atoms with Gasteiger partial charge in [0.15, 0.2) is 0 Å². The topological polar surface area (TPSA) is 24.5 Å². The number of ether oxygens (including phenoxy) is 1. The third-order valence-corrected chi connectivity index (χ3v) is 5.31. The van der Waals surface area contributed by atoms with Crippen molar-refractivity contribution in [3.05, 3.63) is 71.3 Å². The molecule has 0 bridgehead atoms. The standard InChI is InChI=1S/C22H28F2N2O/c1-27-16-21-15-25-12-14-26(21)13-2-3-22(17-4-8-19(23)9-5-17)18-6-10-20(24)11-7-18/h4-11,21-22,25H,2-3,12-16H2,1H3. The lowest BCUT2D eigenvalue weighted by molar-refractivity contribution is 0.0723. The van der Waals surface area contributed by atoms with Crippen molar-refractivity contribution in [2.45, 2.75) is 24.8 Å². The fraction of sp³-hybridized carbons (Fsp3) is 0.455. The molecule has 0 spiro atoms. The molecule has 2 aromatic carbocycles. The average Bonchev–Trinajstić information content (AvgIpc) is 2.69. The molecule has 1 aliphatic rings. The van der Waals surface area contributed by atoms with Crippen LogP contribution < -0.4 is 5.32 Å². The zero-order chi connectivity index (χ0) is 19.1. The van der Waals surface area contributed by atoms with Crippen LogP contribution in [0.5, 0.6) is 0 Å². The molecular formula is C22H28F2N2O.